The molecule has 3 aromatic rings. The third-order valence-electron chi connectivity index (χ3n) is 6.51. The SMILES string of the molecule is CCCCN1C(=O)C(=O)/C(=C(/O)c2cc(C)c(OC)cc2C)C1c1c(C)[nH]c2ccccc12. The summed E-state index contributed by atoms with van der Waals surface area (Å²) in [5.74, 6) is -0.657. The molecule has 2 aromatic carbocycles. The molecule has 6 heteroatoms. The summed E-state index contributed by atoms with van der Waals surface area (Å²) in [4.78, 5) is 31.5. The van der Waals surface area contributed by atoms with Gasteiger partial charge < -0.3 is 19.7 Å². The molecule has 2 N–H and O–H groups in total. The van der Waals surface area contributed by atoms with Crippen molar-refractivity contribution in [1.29, 1.82) is 0 Å². The molecule has 1 unspecified atom stereocenters. The van der Waals surface area contributed by atoms with Gasteiger partial charge in [-0.25, -0.2) is 0 Å². The van der Waals surface area contributed by atoms with Gasteiger partial charge >= 0.3 is 0 Å². The van der Waals surface area contributed by atoms with Gasteiger partial charge in [0.1, 0.15) is 11.5 Å². The van der Waals surface area contributed by atoms with Crippen LogP contribution in [0.5, 0.6) is 5.75 Å². The molecule has 1 aromatic heterocycles. The van der Waals surface area contributed by atoms with Gasteiger partial charge in [0.2, 0.25) is 0 Å². The van der Waals surface area contributed by atoms with E-state index in [1.807, 2.05) is 64.1 Å². The lowest BCUT2D eigenvalue weighted by Gasteiger charge is -2.25. The molecule has 0 aliphatic carbocycles. The topological polar surface area (TPSA) is 82.6 Å². The van der Waals surface area contributed by atoms with Crippen LogP contribution in [0, 0.1) is 20.8 Å². The number of rotatable bonds is 6. The van der Waals surface area contributed by atoms with Crippen molar-refractivity contribution < 1.29 is 19.4 Å². The van der Waals surface area contributed by atoms with Gasteiger partial charge in [-0.1, -0.05) is 31.5 Å². The Morgan fingerprint density at radius 2 is 1.85 bits per heavy atom. The number of aromatic amines is 1. The molecular weight excluding hydrogens is 416 g/mol. The highest BCUT2D eigenvalue weighted by molar-refractivity contribution is 6.46. The van der Waals surface area contributed by atoms with Crippen molar-refractivity contribution in [2.24, 2.45) is 0 Å². The number of aryl methyl sites for hydroxylation is 3. The summed E-state index contributed by atoms with van der Waals surface area (Å²) in [5.41, 5.74) is 4.93. The maximum atomic E-state index is 13.3. The summed E-state index contributed by atoms with van der Waals surface area (Å²) in [6, 6.07) is 10.8. The Labute approximate surface area is 193 Å². The first-order valence-corrected chi connectivity index (χ1v) is 11.3. The lowest BCUT2D eigenvalue weighted by Crippen LogP contribution is -2.30. The standard InChI is InChI=1S/C27H30N2O4/c1-6-7-12-29-24(22-17(4)28-20-11-9-8-10-18(20)22)23(26(31)27(29)32)25(30)19-13-16(3)21(33-5)14-15(19)2/h8-11,13-14,24,28,30H,6-7,12H2,1-5H3/b25-23+. The van der Waals surface area contributed by atoms with Crippen molar-refractivity contribution in [3.05, 3.63) is 69.9 Å². The minimum absolute atomic E-state index is 0.136. The lowest BCUT2D eigenvalue weighted by atomic mass is 9.91. The van der Waals surface area contributed by atoms with Gasteiger partial charge in [0.25, 0.3) is 11.7 Å². The van der Waals surface area contributed by atoms with E-state index in [-0.39, 0.29) is 11.3 Å². The molecule has 1 fully saturated rings. The van der Waals surface area contributed by atoms with Crippen molar-refractivity contribution in [1.82, 2.24) is 9.88 Å². The van der Waals surface area contributed by atoms with Gasteiger partial charge in [-0.2, -0.15) is 0 Å². The van der Waals surface area contributed by atoms with Gasteiger partial charge in [0.15, 0.2) is 0 Å². The second kappa shape index (κ2) is 8.77. The predicted octanol–water partition coefficient (Wildman–Crippen LogP) is 5.32. The Morgan fingerprint density at radius 1 is 1.12 bits per heavy atom. The Balaban J connectivity index is 1.99. The summed E-state index contributed by atoms with van der Waals surface area (Å²) < 4.78 is 5.40. The molecule has 6 nitrogen and oxygen atoms in total. The molecule has 1 aliphatic rings. The molecule has 0 saturated carbocycles. The van der Waals surface area contributed by atoms with E-state index in [2.05, 4.69) is 4.98 Å². The molecule has 172 valence electrons. The number of H-pyrrole nitrogens is 1. The van der Waals surface area contributed by atoms with Gasteiger partial charge in [-0.3, -0.25) is 9.59 Å². The molecule has 0 spiro atoms. The van der Waals surface area contributed by atoms with Crippen LogP contribution in [-0.4, -0.2) is 40.3 Å². The normalized spacial score (nSPS) is 17.8. The van der Waals surface area contributed by atoms with Crippen LogP contribution in [0.4, 0.5) is 0 Å². The third-order valence-corrected chi connectivity index (χ3v) is 6.51. The molecule has 1 amide bonds. The van der Waals surface area contributed by atoms with Gasteiger partial charge in [-0.15, -0.1) is 0 Å². The van der Waals surface area contributed by atoms with Crippen molar-refractivity contribution >= 4 is 28.4 Å². The molecule has 1 atom stereocenters. The summed E-state index contributed by atoms with van der Waals surface area (Å²) in [5, 5.41) is 12.4. The molecular formula is C27H30N2O4. The van der Waals surface area contributed by atoms with Crippen LogP contribution in [0.1, 0.15) is 53.8 Å². The Hall–Kier alpha value is -3.54. The van der Waals surface area contributed by atoms with E-state index in [1.165, 1.54) is 0 Å². The van der Waals surface area contributed by atoms with E-state index in [1.54, 1.807) is 12.0 Å². The second-order valence-corrected chi connectivity index (χ2v) is 8.69. The van der Waals surface area contributed by atoms with E-state index in [9.17, 15) is 14.7 Å². The van der Waals surface area contributed by atoms with Crippen molar-refractivity contribution in [2.45, 2.75) is 46.6 Å². The van der Waals surface area contributed by atoms with E-state index in [0.717, 1.165) is 46.1 Å². The Kier molecular flexibility index (Phi) is 6.02. The smallest absolute Gasteiger partial charge is 0.295 e. The van der Waals surface area contributed by atoms with Crippen LogP contribution in [0.15, 0.2) is 42.0 Å². The van der Waals surface area contributed by atoms with Crippen LogP contribution in [0.25, 0.3) is 16.7 Å². The number of aromatic nitrogens is 1. The molecule has 2 heterocycles. The number of fused-ring (bicyclic) bond motifs is 1. The number of hydrogen-bond donors (Lipinski definition) is 2. The van der Waals surface area contributed by atoms with Gasteiger partial charge in [0, 0.05) is 34.3 Å². The van der Waals surface area contributed by atoms with Crippen molar-refractivity contribution in [2.75, 3.05) is 13.7 Å². The molecule has 1 saturated heterocycles. The summed E-state index contributed by atoms with van der Waals surface area (Å²) in [6.45, 7) is 8.18. The zero-order valence-electron chi connectivity index (χ0n) is 19.8. The first kappa shape index (κ1) is 22.6. The number of para-hydroxylation sites is 1. The average molecular weight is 447 g/mol. The van der Waals surface area contributed by atoms with Crippen LogP contribution < -0.4 is 4.74 Å². The highest BCUT2D eigenvalue weighted by Gasteiger charge is 2.47. The number of ether oxygens (including phenoxy) is 1. The number of ketones is 1. The van der Waals surface area contributed by atoms with Crippen molar-refractivity contribution in [3.8, 4) is 5.75 Å². The van der Waals surface area contributed by atoms with Crippen LogP contribution >= 0.6 is 0 Å². The minimum atomic E-state index is -0.658. The van der Waals surface area contributed by atoms with E-state index in [4.69, 9.17) is 4.74 Å². The van der Waals surface area contributed by atoms with Crippen LogP contribution in [-0.2, 0) is 9.59 Å². The Bertz CT molecular complexity index is 1280. The third kappa shape index (κ3) is 3.69. The number of carbonyl (C=O) groups is 2. The quantitative estimate of drug-likeness (QED) is 0.305. The number of methoxy groups -OCH3 is 1. The highest BCUT2D eigenvalue weighted by Crippen LogP contribution is 2.44. The molecule has 1 aliphatic heterocycles. The highest BCUT2D eigenvalue weighted by atomic mass is 16.5. The zero-order valence-corrected chi connectivity index (χ0v) is 19.8. The maximum Gasteiger partial charge on any atom is 0.295 e. The van der Waals surface area contributed by atoms with Crippen LogP contribution in [0.2, 0.25) is 0 Å². The number of unbranched alkanes of at least 4 members (excludes halogenated alkanes) is 1. The van der Waals surface area contributed by atoms with E-state index in [0.29, 0.717) is 17.9 Å². The number of Topliss-reactive ketones (excluding diaryl/α,β-unsaturated/α-hetero) is 1. The number of aliphatic hydroxyl groups is 1. The van der Waals surface area contributed by atoms with Crippen LogP contribution in [0.3, 0.4) is 0 Å². The first-order valence-electron chi connectivity index (χ1n) is 11.3. The largest absolute Gasteiger partial charge is 0.507 e. The second-order valence-electron chi connectivity index (χ2n) is 8.69. The van der Waals surface area contributed by atoms with E-state index >= 15 is 0 Å². The number of benzene rings is 2. The average Bonchev–Trinajstić information content (AvgIpc) is 3.25. The number of hydrogen-bond acceptors (Lipinski definition) is 4. The van der Waals surface area contributed by atoms with Gasteiger partial charge in [0.05, 0.1) is 18.7 Å². The number of amides is 1. The number of likely N-dealkylation sites (tertiary alicyclic amines) is 1. The number of aliphatic hydroxyl groups excluding tert-OH is 1. The molecule has 33 heavy (non-hydrogen) atoms. The van der Waals surface area contributed by atoms with E-state index < -0.39 is 17.7 Å². The lowest BCUT2D eigenvalue weighted by molar-refractivity contribution is -0.139. The number of carbonyl (C=O) groups excluding carboxylic acids is 2. The monoisotopic (exact) mass is 446 g/mol. The molecule has 4 rings (SSSR count). The summed E-state index contributed by atoms with van der Waals surface area (Å²) in [7, 11) is 1.60. The zero-order chi connectivity index (χ0) is 23.9. The molecule has 0 bridgehead atoms. The summed E-state index contributed by atoms with van der Waals surface area (Å²) >= 11 is 0. The number of nitrogens with one attached hydrogen (secondary N) is 1. The molecule has 0 radical (unpaired) electrons. The fourth-order valence-corrected chi connectivity index (χ4v) is 4.80. The predicted molar refractivity (Wildman–Crippen MR) is 129 cm³/mol. The fourth-order valence-electron chi connectivity index (χ4n) is 4.80. The number of nitrogens with zero attached hydrogens (tertiary/aromatic N) is 1. The Morgan fingerprint density at radius 3 is 2.55 bits per heavy atom. The summed E-state index contributed by atoms with van der Waals surface area (Å²) in [6.07, 6.45) is 1.66. The maximum absolute atomic E-state index is 13.3. The first-order chi connectivity index (χ1) is 15.8. The minimum Gasteiger partial charge on any atom is -0.507 e. The van der Waals surface area contributed by atoms with Crippen molar-refractivity contribution in [3.63, 3.8) is 0 Å². The van der Waals surface area contributed by atoms with Gasteiger partial charge in [-0.05, 0) is 56.5 Å². The fraction of sp³-hybridized carbons (Fsp3) is 0.333.